The van der Waals surface area contributed by atoms with Gasteiger partial charge < -0.3 is 15.2 Å². The van der Waals surface area contributed by atoms with Crippen molar-refractivity contribution in [2.75, 3.05) is 0 Å². The zero-order valence-corrected chi connectivity index (χ0v) is 18.2. The van der Waals surface area contributed by atoms with Crippen LogP contribution >= 0.6 is 11.6 Å². The molecule has 0 bridgehead atoms. The number of nitrogens with zero attached hydrogens (tertiary/aromatic N) is 1. The van der Waals surface area contributed by atoms with Crippen LogP contribution in [0, 0.1) is 0 Å². The van der Waals surface area contributed by atoms with Gasteiger partial charge in [-0.2, -0.15) is 0 Å². The van der Waals surface area contributed by atoms with E-state index in [4.69, 9.17) is 16.3 Å². The van der Waals surface area contributed by atoms with E-state index in [-0.39, 0.29) is 23.1 Å². The lowest BCUT2D eigenvalue weighted by molar-refractivity contribution is 0.0785. The zero-order valence-electron chi connectivity index (χ0n) is 17.5. The summed E-state index contributed by atoms with van der Waals surface area (Å²) in [6.07, 6.45) is 1.51. The smallest absolute Gasteiger partial charge is 0.257 e. The third-order valence-electron chi connectivity index (χ3n) is 4.62. The lowest BCUT2D eigenvalue weighted by Crippen LogP contribution is -2.23. The molecule has 0 aliphatic carbocycles. The molecule has 1 amide bonds. The van der Waals surface area contributed by atoms with E-state index >= 15 is 0 Å². The van der Waals surface area contributed by atoms with E-state index in [0.29, 0.717) is 22.9 Å². The van der Waals surface area contributed by atoms with Crippen LogP contribution in [0.1, 0.15) is 52.6 Å². The summed E-state index contributed by atoms with van der Waals surface area (Å²) in [5, 5.41) is 13.2. The highest BCUT2D eigenvalue weighted by atomic mass is 35.5. The first-order chi connectivity index (χ1) is 14.6. The number of halogens is 1. The predicted molar refractivity (Wildman–Crippen MR) is 119 cm³/mol. The first kappa shape index (κ1) is 22.5. The molecule has 0 aliphatic rings. The van der Waals surface area contributed by atoms with Crippen molar-refractivity contribution in [1.82, 2.24) is 10.3 Å². The van der Waals surface area contributed by atoms with Crippen molar-refractivity contribution >= 4 is 23.3 Å². The highest BCUT2D eigenvalue weighted by Crippen LogP contribution is 2.27. The molecule has 0 saturated carbocycles. The Morgan fingerprint density at radius 1 is 1.13 bits per heavy atom. The number of carbonyl (C=O) groups excluding carboxylic acids is 2. The highest BCUT2D eigenvalue weighted by molar-refractivity contribution is 6.31. The van der Waals surface area contributed by atoms with Gasteiger partial charge in [0.15, 0.2) is 5.78 Å². The molecule has 0 aliphatic heterocycles. The molecule has 1 aromatic heterocycles. The molecule has 0 saturated heterocycles. The SMILES string of the molecule is CC(=O)c1cc(Cl)cc(Oc2ncccc2C(=O)NCc2ccc(C(C)(C)O)cc2)c1. The molecule has 0 spiro atoms. The molecular weight excluding hydrogens is 416 g/mol. The van der Waals surface area contributed by atoms with Crippen molar-refractivity contribution < 1.29 is 19.4 Å². The summed E-state index contributed by atoms with van der Waals surface area (Å²) in [6, 6.07) is 15.2. The Balaban J connectivity index is 1.74. The maximum absolute atomic E-state index is 12.7. The monoisotopic (exact) mass is 438 g/mol. The summed E-state index contributed by atoms with van der Waals surface area (Å²) in [5.74, 6) is -0.0905. The van der Waals surface area contributed by atoms with Crippen LogP contribution in [-0.2, 0) is 12.1 Å². The van der Waals surface area contributed by atoms with E-state index in [1.807, 2.05) is 24.3 Å². The third-order valence-corrected chi connectivity index (χ3v) is 4.84. The minimum atomic E-state index is -0.924. The van der Waals surface area contributed by atoms with Crippen molar-refractivity contribution in [3.05, 3.63) is 88.1 Å². The molecule has 160 valence electrons. The molecule has 0 atom stereocenters. The highest BCUT2D eigenvalue weighted by Gasteiger charge is 2.17. The number of aliphatic hydroxyl groups is 1. The number of Topliss-reactive ketones (excluding diaryl/α,β-unsaturated/α-hetero) is 1. The Kier molecular flexibility index (Phi) is 6.73. The van der Waals surface area contributed by atoms with E-state index in [9.17, 15) is 14.7 Å². The fraction of sp³-hybridized carbons (Fsp3) is 0.208. The number of hydrogen-bond acceptors (Lipinski definition) is 5. The van der Waals surface area contributed by atoms with Crippen LogP contribution in [0.5, 0.6) is 11.6 Å². The van der Waals surface area contributed by atoms with Gasteiger partial charge in [0.1, 0.15) is 11.3 Å². The minimum Gasteiger partial charge on any atom is -0.438 e. The zero-order chi connectivity index (χ0) is 22.6. The second-order valence-corrected chi connectivity index (χ2v) is 8.07. The predicted octanol–water partition coefficient (Wildman–Crippen LogP) is 4.89. The Hall–Kier alpha value is -3.22. The largest absolute Gasteiger partial charge is 0.438 e. The topological polar surface area (TPSA) is 88.5 Å². The number of nitrogens with one attached hydrogen (secondary N) is 1. The molecule has 6 nitrogen and oxygen atoms in total. The lowest BCUT2D eigenvalue weighted by Gasteiger charge is -2.18. The van der Waals surface area contributed by atoms with Crippen LogP contribution < -0.4 is 10.1 Å². The van der Waals surface area contributed by atoms with Gasteiger partial charge in [-0.3, -0.25) is 9.59 Å². The molecule has 1 heterocycles. The summed E-state index contributed by atoms with van der Waals surface area (Å²) in [4.78, 5) is 28.6. The average Bonchev–Trinajstić information content (AvgIpc) is 2.71. The van der Waals surface area contributed by atoms with Crippen LogP contribution in [0.2, 0.25) is 5.02 Å². The van der Waals surface area contributed by atoms with E-state index in [2.05, 4.69) is 10.3 Å². The molecule has 31 heavy (non-hydrogen) atoms. The molecule has 2 aromatic carbocycles. The van der Waals surface area contributed by atoms with E-state index in [1.165, 1.54) is 13.1 Å². The quantitative estimate of drug-likeness (QED) is 0.513. The van der Waals surface area contributed by atoms with Gasteiger partial charge in [0.25, 0.3) is 5.91 Å². The van der Waals surface area contributed by atoms with Gasteiger partial charge in [0.05, 0.1) is 5.60 Å². The van der Waals surface area contributed by atoms with Gasteiger partial charge in [0, 0.05) is 23.3 Å². The Labute approximate surface area is 185 Å². The number of carbonyl (C=O) groups is 2. The summed E-state index contributed by atoms with van der Waals surface area (Å²) in [7, 11) is 0. The normalized spacial score (nSPS) is 11.1. The number of pyridine rings is 1. The maximum atomic E-state index is 12.7. The van der Waals surface area contributed by atoms with Gasteiger partial charge in [0.2, 0.25) is 5.88 Å². The van der Waals surface area contributed by atoms with Crippen LogP contribution in [-0.4, -0.2) is 21.8 Å². The molecule has 0 unspecified atom stereocenters. The van der Waals surface area contributed by atoms with E-state index < -0.39 is 5.60 Å². The Morgan fingerprint density at radius 2 is 1.84 bits per heavy atom. The van der Waals surface area contributed by atoms with E-state index in [0.717, 1.165) is 11.1 Å². The van der Waals surface area contributed by atoms with E-state index in [1.54, 1.807) is 44.2 Å². The van der Waals surface area contributed by atoms with Crippen molar-refractivity contribution in [3.63, 3.8) is 0 Å². The van der Waals surface area contributed by atoms with Gasteiger partial charge in [-0.25, -0.2) is 4.98 Å². The third kappa shape index (κ3) is 5.90. The van der Waals surface area contributed by atoms with Gasteiger partial charge in [-0.1, -0.05) is 35.9 Å². The van der Waals surface area contributed by atoms with Crippen molar-refractivity contribution in [2.24, 2.45) is 0 Å². The van der Waals surface area contributed by atoms with Crippen molar-refractivity contribution in [3.8, 4) is 11.6 Å². The summed E-state index contributed by atoms with van der Waals surface area (Å²) < 4.78 is 5.77. The molecule has 7 heteroatoms. The number of hydrogen-bond donors (Lipinski definition) is 2. The molecule has 2 N–H and O–H groups in total. The summed E-state index contributed by atoms with van der Waals surface area (Å²) >= 11 is 6.07. The molecular formula is C24H23ClN2O4. The Morgan fingerprint density at radius 3 is 2.48 bits per heavy atom. The van der Waals surface area contributed by atoms with Gasteiger partial charge in [-0.15, -0.1) is 0 Å². The van der Waals surface area contributed by atoms with Crippen molar-refractivity contribution in [1.29, 1.82) is 0 Å². The fourth-order valence-electron chi connectivity index (χ4n) is 2.89. The number of ether oxygens (including phenoxy) is 1. The standard InChI is InChI=1S/C24H23ClN2O4/c1-15(28)17-11-19(25)13-20(12-17)31-23-21(5-4-10-26-23)22(29)27-14-16-6-8-18(9-7-16)24(2,3)30/h4-13,30H,14H2,1-3H3,(H,27,29). The minimum absolute atomic E-state index is 0.106. The first-order valence-corrected chi connectivity index (χ1v) is 10.1. The second-order valence-electron chi connectivity index (χ2n) is 7.63. The van der Waals surface area contributed by atoms with Crippen LogP contribution in [0.25, 0.3) is 0 Å². The number of ketones is 1. The molecule has 0 radical (unpaired) electrons. The number of rotatable bonds is 7. The summed E-state index contributed by atoms with van der Waals surface area (Å²) in [6.45, 7) is 5.16. The fourth-order valence-corrected chi connectivity index (χ4v) is 3.11. The molecule has 3 rings (SSSR count). The Bertz CT molecular complexity index is 1110. The van der Waals surface area contributed by atoms with Gasteiger partial charge >= 0.3 is 0 Å². The average molecular weight is 439 g/mol. The van der Waals surface area contributed by atoms with Crippen LogP contribution in [0.4, 0.5) is 0 Å². The van der Waals surface area contributed by atoms with Crippen molar-refractivity contribution in [2.45, 2.75) is 32.9 Å². The van der Waals surface area contributed by atoms with Gasteiger partial charge in [-0.05, 0) is 62.2 Å². The second kappa shape index (κ2) is 9.29. The number of benzene rings is 2. The molecule has 3 aromatic rings. The first-order valence-electron chi connectivity index (χ1n) is 9.68. The lowest BCUT2D eigenvalue weighted by atomic mass is 9.97. The number of aromatic nitrogens is 1. The summed E-state index contributed by atoms with van der Waals surface area (Å²) in [5.41, 5.74) is 1.40. The van der Waals surface area contributed by atoms with Crippen LogP contribution in [0.3, 0.4) is 0 Å². The molecule has 0 fully saturated rings. The number of amides is 1. The maximum Gasteiger partial charge on any atom is 0.257 e. The van der Waals surface area contributed by atoms with Crippen LogP contribution in [0.15, 0.2) is 60.8 Å².